The van der Waals surface area contributed by atoms with Gasteiger partial charge in [0, 0.05) is 24.0 Å². The molecule has 0 fully saturated rings. The molecular weight excluding hydrogens is 337 g/mol. The molecule has 3 rings (SSSR count). The van der Waals surface area contributed by atoms with Crippen molar-refractivity contribution in [3.8, 4) is 0 Å². The van der Waals surface area contributed by atoms with Gasteiger partial charge < -0.3 is 5.32 Å². The second-order valence-corrected chi connectivity index (χ2v) is 5.79. The van der Waals surface area contributed by atoms with E-state index in [1.54, 1.807) is 28.9 Å². The van der Waals surface area contributed by atoms with Crippen molar-refractivity contribution in [3.05, 3.63) is 58.1 Å². The number of aromatic nitrogens is 4. The Labute approximate surface area is 142 Å². The zero-order chi connectivity index (χ0) is 16.2. The number of nitrogens with zero attached hydrogens (tertiary/aromatic N) is 4. The first-order valence-electron chi connectivity index (χ1n) is 7.01. The van der Waals surface area contributed by atoms with Gasteiger partial charge in [0.25, 0.3) is 11.7 Å². The van der Waals surface area contributed by atoms with Gasteiger partial charge in [-0.2, -0.15) is 10.1 Å². The number of halogens is 2. The molecule has 6 nitrogen and oxygen atoms in total. The molecule has 0 saturated heterocycles. The number of hydrogen-bond donors (Lipinski definition) is 1. The summed E-state index contributed by atoms with van der Waals surface area (Å²) in [6.45, 7) is 0.535. The van der Waals surface area contributed by atoms with Gasteiger partial charge in [0.2, 0.25) is 0 Å². The van der Waals surface area contributed by atoms with Crippen molar-refractivity contribution in [2.75, 3.05) is 6.54 Å². The smallest absolute Gasteiger partial charge is 0.252 e. The second kappa shape index (κ2) is 6.93. The predicted octanol–water partition coefficient (Wildman–Crippen LogP) is 2.79. The van der Waals surface area contributed by atoms with Crippen LogP contribution in [0.15, 0.2) is 36.9 Å². The van der Waals surface area contributed by atoms with E-state index in [0.29, 0.717) is 27.9 Å². The molecule has 0 unspecified atom stereocenters. The van der Waals surface area contributed by atoms with Crippen LogP contribution in [0.4, 0.5) is 0 Å². The van der Waals surface area contributed by atoms with Gasteiger partial charge in [-0.05, 0) is 36.6 Å². The third-order valence-electron chi connectivity index (χ3n) is 3.29. The Balaban J connectivity index is 1.51. The van der Waals surface area contributed by atoms with E-state index in [1.165, 1.54) is 6.33 Å². The molecule has 0 saturated carbocycles. The first-order chi connectivity index (χ1) is 11.1. The topological polar surface area (TPSA) is 72.2 Å². The highest BCUT2D eigenvalue weighted by molar-refractivity contribution is 6.36. The Morgan fingerprint density at radius 1 is 1.26 bits per heavy atom. The Bertz CT molecular complexity index is 849. The van der Waals surface area contributed by atoms with Gasteiger partial charge in [0.05, 0.1) is 10.6 Å². The summed E-state index contributed by atoms with van der Waals surface area (Å²) in [6.07, 6.45) is 6.66. The average Bonchev–Trinajstić information content (AvgIpc) is 2.99. The van der Waals surface area contributed by atoms with Crippen LogP contribution >= 0.6 is 23.2 Å². The van der Waals surface area contributed by atoms with Crippen molar-refractivity contribution in [3.63, 3.8) is 0 Å². The summed E-state index contributed by atoms with van der Waals surface area (Å²) >= 11 is 11.8. The number of nitrogens with one attached hydrogen (secondary N) is 1. The third kappa shape index (κ3) is 3.78. The highest BCUT2D eigenvalue weighted by Crippen LogP contribution is 2.20. The molecule has 0 atom stereocenters. The number of aryl methyl sites for hydroxylation is 1. The monoisotopic (exact) mass is 349 g/mol. The molecule has 0 spiro atoms. The van der Waals surface area contributed by atoms with Crippen LogP contribution in [-0.4, -0.2) is 32.0 Å². The minimum atomic E-state index is -0.212. The van der Waals surface area contributed by atoms with Gasteiger partial charge in [0.15, 0.2) is 0 Å². The van der Waals surface area contributed by atoms with Crippen molar-refractivity contribution in [1.82, 2.24) is 24.9 Å². The maximum absolute atomic E-state index is 12.1. The van der Waals surface area contributed by atoms with E-state index >= 15 is 0 Å². The SMILES string of the molecule is O=C(NCCCc1cnc2ncnn2c1)c1ccc(Cl)cc1Cl. The van der Waals surface area contributed by atoms with Crippen molar-refractivity contribution < 1.29 is 4.79 Å². The van der Waals surface area contributed by atoms with E-state index in [1.807, 2.05) is 6.20 Å². The lowest BCUT2D eigenvalue weighted by Gasteiger charge is -2.07. The van der Waals surface area contributed by atoms with E-state index in [4.69, 9.17) is 23.2 Å². The fourth-order valence-electron chi connectivity index (χ4n) is 2.15. The van der Waals surface area contributed by atoms with E-state index in [0.717, 1.165) is 18.4 Å². The highest BCUT2D eigenvalue weighted by atomic mass is 35.5. The predicted molar refractivity (Wildman–Crippen MR) is 87.9 cm³/mol. The van der Waals surface area contributed by atoms with Crippen LogP contribution in [0.25, 0.3) is 5.78 Å². The number of hydrogen-bond acceptors (Lipinski definition) is 4. The molecule has 0 bridgehead atoms. The first kappa shape index (κ1) is 15.7. The quantitative estimate of drug-likeness (QED) is 0.719. The number of benzene rings is 1. The number of fused-ring (bicyclic) bond motifs is 1. The molecular formula is C15H13Cl2N5O. The Hall–Kier alpha value is -2.18. The molecule has 2 aromatic heterocycles. The van der Waals surface area contributed by atoms with Gasteiger partial charge in [-0.3, -0.25) is 4.79 Å². The first-order valence-corrected chi connectivity index (χ1v) is 7.76. The van der Waals surface area contributed by atoms with Crippen LogP contribution in [0, 0.1) is 0 Å². The van der Waals surface area contributed by atoms with Crippen LogP contribution in [0.2, 0.25) is 10.0 Å². The fourth-order valence-corrected chi connectivity index (χ4v) is 2.65. The molecule has 0 aliphatic carbocycles. The van der Waals surface area contributed by atoms with Gasteiger partial charge in [-0.25, -0.2) is 9.50 Å². The van der Waals surface area contributed by atoms with E-state index in [2.05, 4.69) is 20.4 Å². The Morgan fingerprint density at radius 2 is 2.13 bits per heavy atom. The van der Waals surface area contributed by atoms with Crippen LogP contribution in [0.3, 0.4) is 0 Å². The van der Waals surface area contributed by atoms with Gasteiger partial charge in [-0.15, -0.1) is 0 Å². The zero-order valence-electron chi connectivity index (χ0n) is 12.0. The van der Waals surface area contributed by atoms with E-state index < -0.39 is 0 Å². The Kier molecular flexibility index (Phi) is 4.73. The molecule has 1 aromatic carbocycles. The summed E-state index contributed by atoms with van der Waals surface area (Å²) in [5.41, 5.74) is 1.45. The number of carbonyl (C=O) groups is 1. The number of rotatable bonds is 5. The van der Waals surface area contributed by atoms with Crippen molar-refractivity contribution in [2.45, 2.75) is 12.8 Å². The van der Waals surface area contributed by atoms with Gasteiger partial charge >= 0.3 is 0 Å². The standard InChI is InChI=1S/C15H13Cl2N5O/c16-11-3-4-12(13(17)6-11)14(23)18-5-1-2-10-7-19-15-20-9-21-22(15)8-10/h3-4,6-9H,1-2,5H2,(H,18,23). The van der Waals surface area contributed by atoms with Crippen molar-refractivity contribution in [2.24, 2.45) is 0 Å². The molecule has 0 radical (unpaired) electrons. The van der Waals surface area contributed by atoms with Crippen molar-refractivity contribution in [1.29, 1.82) is 0 Å². The molecule has 0 aliphatic heterocycles. The lowest BCUT2D eigenvalue weighted by atomic mass is 10.2. The number of carbonyl (C=O) groups excluding carboxylic acids is 1. The largest absolute Gasteiger partial charge is 0.352 e. The minimum absolute atomic E-state index is 0.212. The van der Waals surface area contributed by atoms with Gasteiger partial charge in [-0.1, -0.05) is 23.2 Å². The summed E-state index contributed by atoms with van der Waals surface area (Å²) < 4.78 is 1.63. The van der Waals surface area contributed by atoms with Crippen LogP contribution in [-0.2, 0) is 6.42 Å². The summed E-state index contributed by atoms with van der Waals surface area (Å²) in [6, 6.07) is 4.81. The fraction of sp³-hybridized carbons (Fsp3) is 0.200. The normalized spacial score (nSPS) is 10.9. The average molecular weight is 350 g/mol. The molecule has 0 aliphatic rings. The maximum atomic E-state index is 12.1. The second-order valence-electron chi connectivity index (χ2n) is 4.95. The van der Waals surface area contributed by atoms with Crippen LogP contribution in [0.5, 0.6) is 0 Å². The molecule has 1 amide bonds. The molecule has 2 heterocycles. The molecule has 23 heavy (non-hydrogen) atoms. The van der Waals surface area contributed by atoms with Crippen LogP contribution < -0.4 is 5.32 Å². The number of amides is 1. The summed E-state index contributed by atoms with van der Waals surface area (Å²) in [5.74, 6) is 0.357. The lowest BCUT2D eigenvalue weighted by Crippen LogP contribution is -2.25. The zero-order valence-corrected chi connectivity index (χ0v) is 13.6. The Morgan fingerprint density at radius 3 is 2.96 bits per heavy atom. The molecule has 3 aromatic rings. The summed E-state index contributed by atoms with van der Waals surface area (Å²) in [7, 11) is 0. The highest BCUT2D eigenvalue weighted by Gasteiger charge is 2.10. The minimum Gasteiger partial charge on any atom is -0.352 e. The summed E-state index contributed by atoms with van der Waals surface area (Å²) in [4.78, 5) is 20.2. The molecule has 1 N–H and O–H groups in total. The van der Waals surface area contributed by atoms with Crippen LogP contribution in [0.1, 0.15) is 22.3 Å². The van der Waals surface area contributed by atoms with Crippen molar-refractivity contribution >= 4 is 34.9 Å². The molecule has 8 heteroatoms. The van der Waals surface area contributed by atoms with Gasteiger partial charge in [0.1, 0.15) is 6.33 Å². The summed E-state index contributed by atoms with van der Waals surface area (Å²) in [5, 5.41) is 7.73. The lowest BCUT2D eigenvalue weighted by molar-refractivity contribution is 0.0953. The molecule has 118 valence electrons. The van der Waals surface area contributed by atoms with E-state index in [9.17, 15) is 4.79 Å². The third-order valence-corrected chi connectivity index (χ3v) is 3.84. The van der Waals surface area contributed by atoms with E-state index in [-0.39, 0.29) is 5.91 Å². The maximum Gasteiger partial charge on any atom is 0.252 e.